The molecule has 1 saturated heterocycles. The Hall–Kier alpha value is -0.570. The summed E-state index contributed by atoms with van der Waals surface area (Å²) in [5.41, 5.74) is 0. The Labute approximate surface area is 86.1 Å². The Kier molecular flexibility index (Phi) is 3.93. The molecule has 0 bridgehead atoms. The second-order valence-corrected chi connectivity index (χ2v) is 4.49. The molecule has 2 unspecified atom stereocenters. The lowest BCUT2D eigenvalue weighted by molar-refractivity contribution is -0.133. The van der Waals surface area contributed by atoms with Gasteiger partial charge >= 0.3 is 0 Å². The van der Waals surface area contributed by atoms with E-state index in [0.29, 0.717) is 12.5 Å². The van der Waals surface area contributed by atoms with Gasteiger partial charge in [-0.15, -0.1) is 0 Å². The van der Waals surface area contributed by atoms with Crippen LogP contribution >= 0.6 is 0 Å². The molecule has 0 spiro atoms. The maximum absolute atomic E-state index is 11.8. The lowest BCUT2D eigenvalue weighted by Gasteiger charge is -2.20. The number of aliphatic hydroxyl groups excluding tert-OH is 1. The normalized spacial score (nSPS) is 24.8. The summed E-state index contributed by atoms with van der Waals surface area (Å²) in [4.78, 5) is 13.6. The number of likely N-dealkylation sites (tertiary alicyclic amines) is 1. The fourth-order valence-electron chi connectivity index (χ4n) is 1.95. The average Bonchev–Trinajstić information content (AvgIpc) is 2.48. The minimum Gasteiger partial charge on any atom is -0.391 e. The van der Waals surface area contributed by atoms with Crippen LogP contribution in [-0.4, -0.2) is 35.1 Å². The summed E-state index contributed by atoms with van der Waals surface area (Å²) in [6, 6.07) is 0. The van der Waals surface area contributed by atoms with Crippen molar-refractivity contribution in [2.45, 2.75) is 39.7 Å². The Balaban J connectivity index is 2.47. The van der Waals surface area contributed by atoms with Crippen molar-refractivity contribution in [3.05, 3.63) is 0 Å². The first-order chi connectivity index (χ1) is 6.56. The van der Waals surface area contributed by atoms with Gasteiger partial charge < -0.3 is 10.0 Å². The molecule has 1 heterocycles. The molecule has 1 rings (SSSR count). The molecule has 14 heavy (non-hydrogen) atoms. The number of rotatable bonds is 4. The first-order valence-electron chi connectivity index (χ1n) is 5.53. The molecule has 0 aromatic heterocycles. The minimum atomic E-state index is -0.357. The van der Waals surface area contributed by atoms with Gasteiger partial charge in [0.2, 0.25) is 5.91 Å². The first kappa shape index (κ1) is 11.5. The molecular formula is C11H21NO2. The quantitative estimate of drug-likeness (QED) is 0.740. The summed E-state index contributed by atoms with van der Waals surface area (Å²) >= 11 is 0. The Morgan fingerprint density at radius 1 is 1.57 bits per heavy atom. The zero-order valence-electron chi connectivity index (χ0n) is 9.36. The number of hydrogen-bond donors (Lipinski definition) is 1. The molecule has 0 saturated carbocycles. The fraction of sp³-hybridized carbons (Fsp3) is 0.909. The van der Waals surface area contributed by atoms with E-state index in [-0.39, 0.29) is 17.9 Å². The van der Waals surface area contributed by atoms with Gasteiger partial charge in [0.15, 0.2) is 0 Å². The molecule has 1 N–H and O–H groups in total. The van der Waals surface area contributed by atoms with Crippen molar-refractivity contribution in [2.75, 3.05) is 13.1 Å². The lowest BCUT2D eigenvalue weighted by atomic mass is 9.95. The molecule has 82 valence electrons. The summed E-state index contributed by atoms with van der Waals surface area (Å²) < 4.78 is 0. The van der Waals surface area contributed by atoms with Gasteiger partial charge in [-0.3, -0.25) is 4.79 Å². The van der Waals surface area contributed by atoms with Crippen molar-refractivity contribution in [1.82, 2.24) is 4.90 Å². The van der Waals surface area contributed by atoms with Crippen LogP contribution in [0.2, 0.25) is 0 Å². The third-order valence-corrected chi connectivity index (χ3v) is 3.05. The zero-order chi connectivity index (χ0) is 10.7. The van der Waals surface area contributed by atoms with Crippen LogP contribution in [0.15, 0.2) is 0 Å². The topological polar surface area (TPSA) is 40.5 Å². The van der Waals surface area contributed by atoms with E-state index in [9.17, 15) is 9.90 Å². The summed E-state index contributed by atoms with van der Waals surface area (Å²) in [5.74, 6) is 0.831. The van der Waals surface area contributed by atoms with Crippen LogP contribution in [0.25, 0.3) is 0 Å². The average molecular weight is 199 g/mol. The van der Waals surface area contributed by atoms with Gasteiger partial charge in [-0.1, -0.05) is 20.8 Å². The fourth-order valence-corrected chi connectivity index (χ4v) is 1.95. The van der Waals surface area contributed by atoms with E-state index in [0.717, 1.165) is 19.4 Å². The van der Waals surface area contributed by atoms with E-state index in [4.69, 9.17) is 0 Å². The van der Waals surface area contributed by atoms with Crippen LogP contribution < -0.4 is 0 Å². The molecule has 0 aliphatic carbocycles. The van der Waals surface area contributed by atoms with Gasteiger partial charge in [0, 0.05) is 19.0 Å². The van der Waals surface area contributed by atoms with E-state index >= 15 is 0 Å². The van der Waals surface area contributed by atoms with Gasteiger partial charge in [-0.2, -0.15) is 0 Å². The third kappa shape index (κ3) is 2.47. The van der Waals surface area contributed by atoms with Gasteiger partial charge in [-0.05, 0) is 18.8 Å². The number of carbonyl (C=O) groups is 1. The predicted molar refractivity (Wildman–Crippen MR) is 55.8 cm³/mol. The number of aliphatic hydroxyl groups is 1. The van der Waals surface area contributed by atoms with Crippen molar-refractivity contribution in [3.8, 4) is 0 Å². The van der Waals surface area contributed by atoms with Crippen LogP contribution in [0.4, 0.5) is 0 Å². The molecule has 0 aromatic carbocycles. The number of amides is 1. The maximum atomic E-state index is 11.8. The van der Waals surface area contributed by atoms with Gasteiger partial charge in [-0.25, -0.2) is 0 Å². The van der Waals surface area contributed by atoms with Crippen LogP contribution in [0.3, 0.4) is 0 Å². The van der Waals surface area contributed by atoms with Crippen LogP contribution in [0.1, 0.15) is 33.6 Å². The molecule has 0 radical (unpaired) electrons. The van der Waals surface area contributed by atoms with Gasteiger partial charge in [0.05, 0.1) is 6.10 Å². The third-order valence-electron chi connectivity index (χ3n) is 3.05. The Morgan fingerprint density at radius 2 is 2.21 bits per heavy atom. The highest BCUT2D eigenvalue weighted by Gasteiger charge is 2.33. The second-order valence-electron chi connectivity index (χ2n) is 4.49. The van der Waals surface area contributed by atoms with E-state index < -0.39 is 0 Å². The SMILES string of the molecule is CCC(O)CN1CCC(C(C)C)C1=O. The van der Waals surface area contributed by atoms with E-state index in [2.05, 4.69) is 13.8 Å². The summed E-state index contributed by atoms with van der Waals surface area (Å²) in [7, 11) is 0. The highest BCUT2D eigenvalue weighted by molar-refractivity contribution is 5.81. The zero-order valence-corrected chi connectivity index (χ0v) is 9.36. The van der Waals surface area contributed by atoms with Crippen LogP contribution in [0, 0.1) is 11.8 Å². The number of carbonyl (C=O) groups excluding carboxylic acids is 1. The van der Waals surface area contributed by atoms with E-state index in [1.54, 1.807) is 4.90 Å². The molecule has 3 heteroatoms. The molecule has 1 aliphatic rings. The van der Waals surface area contributed by atoms with Gasteiger partial charge in [0.1, 0.15) is 0 Å². The summed E-state index contributed by atoms with van der Waals surface area (Å²) in [6.45, 7) is 7.44. The van der Waals surface area contributed by atoms with Crippen LogP contribution in [0.5, 0.6) is 0 Å². The molecule has 1 amide bonds. The Bertz CT molecular complexity index is 203. The Morgan fingerprint density at radius 3 is 2.64 bits per heavy atom. The molecule has 1 fully saturated rings. The largest absolute Gasteiger partial charge is 0.391 e. The number of nitrogens with zero attached hydrogens (tertiary/aromatic N) is 1. The monoisotopic (exact) mass is 199 g/mol. The molecule has 0 aromatic rings. The minimum absolute atomic E-state index is 0.180. The van der Waals surface area contributed by atoms with E-state index in [1.807, 2.05) is 6.92 Å². The molecular weight excluding hydrogens is 178 g/mol. The summed E-state index contributed by atoms with van der Waals surface area (Å²) in [5, 5.41) is 9.47. The van der Waals surface area contributed by atoms with Crippen molar-refractivity contribution in [2.24, 2.45) is 11.8 Å². The number of hydrogen-bond acceptors (Lipinski definition) is 2. The highest BCUT2D eigenvalue weighted by Crippen LogP contribution is 2.25. The maximum Gasteiger partial charge on any atom is 0.226 e. The highest BCUT2D eigenvalue weighted by atomic mass is 16.3. The van der Waals surface area contributed by atoms with E-state index in [1.165, 1.54) is 0 Å². The van der Waals surface area contributed by atoms with Gasteiger partial charge in [0.25, 0.3) is 0 Å². The summed E-state index contributed by atoms with van der Waals surface area (Å²) in [6.07, 6.45) is 1.31. The molecule has 3 nitrogen and oxygen atoms in total. The van der Waals surface area contributed by atoms with Crippen molar-refractivity contribution in [1.29, 1.82) is 0 Å². The molecule has 2 atom stereocenters. The lowest BCUT2D eigenvalue weighted by Crippen LogP contribution is -2.35. The van der Waals surface area contributed by atoms with Crippen molar-refractivity contribution in [3.63, 3.8) is 0 Å². The van der Waals surface area contributed by atoms with Crippen LogP contribution in [-0.2, 0) is 4.79 Å². The number of β-amino-alcohol motifs (C(OH)–C–C–N with tert-alkyl or cyclic N) is 1. The molecule has 1 aliphatic heterocycles. The standard InChI is InChI=1S/C11H21NO2/c1-4-9(13)7-12-6-5-10(8(2)3)11(12)14/h8-10,13H,4-7H2,1-3H3. The predicted octanol–water partition coefficient (Wildman–Crippen LogP) is 1.26. The smallest absolute Gasteiger partial charge is 0.226 e. The first-order valence-corrected chi connectivity index (χ1v) is 5.53. The van der Waals surface area contributed by atoms with Crippen molar-refractivity contribution < 1.29 is 9.90 Å². The second kappa shape index (κ2) is 4.78. The van der Waals surface area contributed by atoms with Crippen molar-refractivity contribution >= 4 is 5.91 Å².